The third-order valence-electron chi connectivity index (χ3n) is 5.09. The lowest BCUT2D eigenvalue weighted by atomic mass is 10.0. The maximum Gasteiger partial charge on any atom is 0.268 e. The van der Waals surface area contributed by atoms with Crippen LogP contribution in [0.2, 0.25) is 0 Å². The monoisotopic (exact) mass is 440 g/mol. The summed E-state index contributed by atoms with van der Waals surface area (Å²) in [5, 5.41) is 20.8. The van der Waals surface area contributed by atoms with Gasteiger partial charge < -0.3 is 25.9 Å². The second kappa shape index (κ2) is 13.8. The van der Waals surface area contributed by atoms with Crippen molar-refractivity contribution in [3.8, 4) is 5.75 Å². The van der Waals surface area contributed by atoms with Crippen LogP contribution >= 0.6 is 0 Å². The largest absolute Gasteiger partial charge is 0.497 e. The number of benzene rings is 2. The molecular weight excluding hydrogens is 408 g/mol. The van der Waals surface area contributed by atoms with Gasteiger partial charge in [-0.05, 0) is 49.1 Å². The minimum Gasteiger partial charge on any atom is -0.497 e. The van der Waals surface area contributed by atoms with Crippen molar-refractivity contribution in [3.63, 3.8) is 0 Å². The predicted octanol–water partition coefficient (Wildman–Crippen LogP) is 3.32. The van der Waals surface area contributed by atoms with Gasteiger partial charge in [0.25, 0.3) is 5.91 Å². The molecule has 0 unspecified atom stereocenters. The Morgan fingerprint density at radius 2 is 1.75 bits per heavy atom. The van der Waals surface area contributed by atoms with Gasteiger partial charge in [0, 0.05) is 19.3 Å². The van der Waals surface area contributed by atoms with Gasteiger partial charge in [0.1, 0.15) is 11.5 Å². The summed E-state index contributed by atoms with van der Waals surface area (Å²) in [7, 11) is 3.12. The number of carbonyl (C=O) groups is 2. The van der Waals surface area contributed by atoms with Gasteiger partial charge in [0.05, 0.1) is 13.2 Å². The van der Waals surface area contributed by atoms with Crippen LogP contribution in [-0.4, -0.2) is 42.9 Å². The van der Waals surface area contributed by atoms with Gasteiger partial charge in [-0.15, -0.1) is 0 Å². The van der Waals surface area contributed by atoms with Crippen molar-refractivity contribution in [2.45, 2.75) is 44.7 Å². The Bertz CT molecular complexity index is 869. The summed E-state index contributed by atoms with van der Waals surface area (Å²) < 4.78 is 5.19. The summed E-state index contributed by atoms with van der Waals surface area (Å²) in [5.74, 6) is 0.316. The van der Waals surface area contributed by atoms with E-state index in [0.29, 0.717) is 25.8 Å². The maximum absolute atomic E-state index is 12.9. The van der Waals surface area contributed by atoms with Crippen molar-refractivity contribution in [2.24, 2.45) is 5.16 Å². The van der Waals surface area contributed by atoms with Crippen LogP contribution in [-0.2, 0) is 16.1 Å². The smallest absolute Gasteiger partial charge is 0.268 e. The quantitative estimate of drug-likeness (QED) is 0.165. The lowest BCUT2D eigenvalue weighted by Gasteiger charge is -2.19. The highest BCUT2D eigenvalue weighted by atomic mass is 16.5. The number of amides is 2. The number of methoxy groups -OCH3 is 1. The maximum atomic E-state index is 12.9. The Hall–Kier alpha value is -3.39. The zero-order valence-electron chi connectivity index (χ0n) is 18.6. The Labute approximate surface area is 189 Å². The van der Waals surface area contributed by atoms with Gasteiger partial charge >= 0.3 is 0 Å². The molecular formula is C24H32N4O4. The Morgan fingerprint density at radius 3 is 2.38 bits per heavy atom. The van der Waals surface area contributed by atoms with E-state index in [-0.39, 0.29) is 23.6 Å². The number of hydrogen-bond donors (Lipinski definition) is 4. The van der Waals surface area contributed by atoms with E-state index in [4.69, 9.17) is 9.94 Å². The predicted molar refractivity (Wildman–Crippen MR) is 125 cm³/mol. The highest BCUT2D eigenvalue weighted by molar-refractivity contribution is 6.38. The lowest BCUT2D eigenvalue weighted by molar-refractivity contribution is -0.118. The summed E-state index contributed by atoms with van der Waals surface area (Å²) in [6.45, 7) is 0.550. The third kappa shape index (κ3) is 8.39. The summed E-state index contributed by atoms with van der Waals surface area (Å²) in [5.41, 5.74) is 1.92. The first-order valence-corrected chi connectivity index (χ1v) is 10.7. The molecule has 0 aromatic heterocycles. The van der Waals surface area contributed by atoms with Crippen molar-refractivity contribution in [1.82, 2.24) is 10.6 Å². The van der Waals surface area contributed by atoms with Crippen LogP contribution < -0.4 is 20.7 Å². The van der Waals surface area contributed by atoms with E-state index in [1.807, 2.05) is 54.6 Å². The Balaban J connectivity index is 1.90. The van der Waals surface area contributed by atoms with Crippen LogP contribution in [0.1, 0.15) is 37.7 Å². The number of anilines is 1. The van der Waals surface area contributed by atoms with Crippen molar-refractivity contribution in [2.75, 3.05) is 19.5 Å². The molecule has 2 amide bonds. The first kappa shape index (κ1) is 24.9. The molecule has 1 atom stereocenters. The molecule has 4 N–H and O–H groups in total. The van der Waals surface area contributed by atoms with E-state index in [1.165, 1.54) is 7.05 Å². The van der Waals surface area contributed by atoms with E-state index >= 15 is 0 Å². The molecule has 0 spiro atoms. The molecule has 0 heterocycles. The molecule has 0 aliphatic heterocycles. The zero-order valence-corrected chi connectivity index (χ0v) is 18.6. The number of para-hydroxylation sites is 1. The SMILES string of the molecule is CNC(=O)/C(CCCCC[C@H](NCc1ccc(OC)cc1)C(=O)Nc1ccccc1)=N/O. The molecule has 0 saturated carbocycles. The van der Waals surface area contributed by atoms with Crippen LogP contribution in [0.3, 0.4) is 0 Å². The highest BCUT2D eigenvalue weighted by Gasteiger charge is 2.18. The second-order valence-corrected chi connectivity index (χ2v) is 7.36. The summed E-state index contributed by atoms with van der Waals surface area (Å²) >= 11 is 0. The van der Waals surface area contributed by atoms with Gasteiger partial charge in [-0.2, -0.15) is 0 Å². The molecule has 0 fully saturated rings. The van der Waals surface area contributed by atoms with Crippen LogP contribution in [0.15, 0.2) is 59.8 Å². The molecule has 0 aliphatic rings. The van der Waals surface area contributed by atoms with Gasteiger partial charge in [0.15, 0.2) is 0 Å². The van der Waals surface area contributed by atoms with Crippen LogP contribution in [0.25, 0.3) is 0 Å². The first-order valence-electron chi connectivity index (χ1n) is 10.7. The van der Waals surface area contributed by atoms with E-state index < -0.39 is 0 Å². The number of carbonyl (C=O) groups excluding carboxylic acids is 2. The average molecular weight is 441 g/mol. The van der Waals surface area contributed by atoms with E-state index in [0.717, 1.165) is 29.8 Å². The minimum atomic E-state index is -0.381. The number of nitrogens with one attached hydrogen (secondary N) is 3. The highest BCUT2D eigenvalue weighted by Crippen LogP contribution is 2.14. The zero-order chi connectivity index (χ0) is 23.2. The second-order valence-electron chi connectivity index (χ2n) is 7.36. The van der Waals surface area contributed by atoms with Crippen molar-refractivity contribution >= 4 is 23.2 Å². The summed E-state index contributed by atoms with van der Waals surface area (Å²) in [6, 6.07) is 16.7. The van der Waals surface area contributed by atoms with Gasteiger partial charge in [-0.25, -0.2) is 0 Å². The Kier molecular flexibility index (Phi) is 10.7. The van der Waals surface area contributed by atoms with E-state index in [9.17, 15) is 9.59 Å². The fourth-order valence-electron chi connectivity index (χ4n) is 3.23. The molecule has 0 radical (unpaired) electrons. The number of ether oxygens (including phenoxy) is 1. The summed E-state index contributed by atoms with van der Waals surface area (Å²) in [4.78, 5) is 24.4. The third-order valence-corrected chi connectivity index (χ3v) is 5.09. The van der Waals surface area contributed by atoms with E-state index in [1.54, 1.807) is 7.11 Å². The minimum absolute atomic E-state index is 0.0901. The molecule has 0 bridgehead atoms. The van der Waals surface area contributed by atoms with Gasteiger partial charge in [-0.3, -0.25) is 9.59 Å². The van der Waals surface area contributed by atoms with Crippen molar-refractivity contribution in [1.29, 1.82) is 0 Å². The summed E-state index contributed by atoms with van der Waals surface area (Å²) in [6.07, 6.45) is 3.30. The number of oxime groups is 1. The Morgan fingerprint density at radius 1 is 1.03 bits per heavy atom. The normalized spacial score (nSPS) is 12.1. The fourth-order valence-corrected chi connectivity index (χ4v) is 3.23. The standard InChI is InChI=1S/C24H32N4O4/c1-25-23(29)22(28-31)12-8-4-7-11-21(24(30)27-19-9-5-3-6-10-19)26-17-18-13-15-20(32-2)16-14-18/h3,5-6,9-10,13-16,21,26,31H,4,7-8,11-12,17H2,1-2H3,(H,25,29)(H,27,30)/b28-22+/t21-/m0/s1. The number of hydrogen-bond acceptors (Lipinski definition) is 6. The van der Waals surface area contributed by atoms with Crippen LogP contribution in [0.4, 0.5) is 5.69 Å². The number of nitrogens with zero attached hydrogens (tertiary/aromatic N) is 1. The van der Waals surface area contributed by atoms with Gasteiger partial charge in [-0.1, -0.05) is 48.3 Å². The molecule has 172 valence electrons. The molecule has 8 heteroatoms. The van der Waals surface area contributed by atoms with Gasteiger partial charge in [0.2, 0.25) is 5.91 Å². The first-order chi connectivity index (χ1) is 15.6. The molecule has 2 aromatic rings. The number of rotatable bonds is 13. The van der Waals surface area contributed by atoms with Crippen LogP contribution in [0.5, 0.6) is 5.75 Å². The number of unbranched alkanes of at least 4 members (excludes halogenated alkanes) is 2. The van der Waals surface area contributed by atoms with Crippen LogP contribution in [0, 0.1) is 0 Å². The topological polar surface area (TPSA) is 112 Å². The molecule has 0 aliphatic carbocycles. The molecule has 8 nitrogen and oxygen atoms in total. The molecule has 2 rings (SSSR count). The van der Waals surface area contributed by atoms with Crippen molar-refractivity contribution < 1.29 is 19.5 Å². The van der Waals surface area contributed by atoms with Crippen molar-refractivity contribution in [3.05, 3.63) is 60.2 Å². The molecule has 2 aromatic carbocycles. The van der Waals surface area contributed by atoms with E-state index in [2.05, 4.69) is 21.1 Å². The fraction of sp³-hybridized carbons (Fsp3) is 0.375. The average Bonchev–Trinajstić information content (AvgIpc) is 2.83. The molecule has 32 heavy (non-hydrogen) atoms. The molecule has 0 saturated heterocycles. The lowest BCUT2D eigenvalue weighted by Crippen LogP contribution is -2.40.